The summed E-state index contributed by atoms with van der Waals surface area (Å²) in [5, 5.41) is 2.71. The molecule has 0 aromatic heterocycles. The molecule has 0 bridgehead atoms. The van der Waals surface area contributed by atoms with E-state index in [1.165, 1.54) is 20.3 Å². The van der Waals surface area contributed by atoms with Crippen LogP contribution in [0.5, 0.6) is 11.5 Å². The maximum Gasteiger partial charge on any atom is 0.387 e. The molecule has 1 fully saturated rings. The Kier molecular flexibility index (Phi) is 6.51. The molecular formula is C16H20F2N2O5. The molecule has 1 aromatic carbocycles. The van der Waals surface area contributed by atoms with Gasteiger partial charge in [0.1, 0.15) is 6.04 Å². The van der Waals surface area contributed by atoms with Crippen LogP contribution in [0.1, 0.15) is 12.0 Å². The van der Waals surface area contributed by atoms with Crippen molar-refractivity contribution in [3.05, 3.63) is 23.8 Å². The number of esters is 1. The first kappa shape index (κ1) is 18.9. The standard InChI is InChI=1S/C16H20F2N2O5/c1-23-13-7-10(3-4-12(13)25-16(17)18)9-20-6-5-19-15(22)11(20)8-14(21)24-2/h3-4,7,11,16H,5-6,8-9H2,1-2H3,(H,19,22)/t11-/m0/s1. The van der Waals surface area contributed by atoms with Gasteiger partial charge in [0.2, 0.25) is 5.91 Å². The number of hydrogen-bond acceptors (Lipinski definition) is 6. The zero-order valence-electron chi connectivity index (χ0n) is 14.0. The molecule has 25 heavy (non-hydrogen) atoms. The van der Waals surface area contributed by atoms with E-state index in [9.17, 15) is 18.4 Å². The first-order chi connectivity index (χ1) is 11.9. The van der Waals surface area contributed by atoms with Gasteiger partial charge < -0.3 is 19.5 Å². The SMILES string of the molecule is COC(=O)C[C@H]1C(=O)NCCN1Cc1ccc(OC(F)F)c(OC)c1. The quantitative estimate of drug-likeness (QED) is 0.737. The second-order valence-corrected chi connectivity index (χ2v) is 5.42. The van der Waals surface area contributed by atoms with Crippen molar-refractivity contribution in [1.82, 2.24) is 10.2 Å². The van der Waals surface area contributed by atoms with E-state index in [-0.39, 0.29) is 23.8 Å². The largest absolute Gasteiger partial charge is 0.493 e. The van der Waals surface area contributed by atoms with Gasteiger partial charge in [-0.05, 0) is 17.7 Å². The number of carbonyl (C=O) groups is 2. The van der Waals surface area contributed by atoms with E-state index in [0.29, 0.717) is 19.6 Å². The Morgan fingerprint density at radius 2 is 2.12 bits per heavy atom. The van der Waals surface area contributed by atoms with Crippen LogP contribution in [-0.2, 0) is 20.9 Å². The number of amides is 1. The molecule has 0 aliphatic carbocycles. The van der Waals surface area contributed by atoms with Crippen molar-refractivity contribution in [3.8, 4) is 11.5 Å². The lowest BCUT2D eigenvalue weighted by atomic mass is 10.1. The summed E-state index contributed by atoms with van der Waals surface area (Å²) in [6.45, 7) is -1.60. The van der Waals surface area contributed by atoms with Crippen molar-refractivity contribution in [2.75, 3.05) is 27.3 Å². The number of ether oxygens (including phenoxy) is 3. The summed E-state index contributed by atoms with van der Waals surface area (Å²) in [5.41, 5.74) is 0.739. The number of hydrogen-bond donors (Lipinski definition) is 1. The lowest BCUT2D eigenvalue weighted by Gasteiger charge is -2.34. The average Bonchev–Trinajstić information content (AvgIpc) is 2.58. The van der Waals surface area contributed by atoms with Gasteiger partial charge in [0.25, 0.3) is 0 Å². The molecule has 0 spiro atoms. The number of nitrogens with zero attached hydrogens (tertiary/aromatic N) is 1. The van der Waals surface area contributed by atoms with Gasteiger partial charge in [0.05, 0.1) is 20.6 Å². The van der Waals surface area contributed by atoms with Crippen LogP contribution in [0.2, 0.25) is 0 Å². The zero-order chi connectivity index (χ0) is 18.4. The molecule has 1 aliphatic rings. The molecular weight excluding hydrogens is 338 g/mol. The van der Waals surface area contributed by atoms with Gasteiger partial charge in [-0.25, -0.2) is 0 Å². The summed E-state index contributed by atoms with van der Waals surface area (Å²) in [6.07, 6.45) is -0.0634. The number of benzene rings is 1. The van der Waals surface area contributed by atoms with Gasteiger partial charge >= 0.3 is 12.6 Å². The molecule has 0 radical (unpaired) electrons. The highest BCUT2D eigenvalue weighted by Crippen LogP contribution is 2.30. The number of piperazine rings is 1. The summed E-state index contributed by atoms with van der Waals surface area (Å²) in [5.74, 6) is -0.626. The van der Waals surface area contributed by atoms with Crippen LogP contribution in [0.15, 0.2) is 18.2 Å². The van der Waals surface area contributed by atoms with Gasteiger partial charge in [-0.3, -0.25) is 14.5 Å². The van der Waals surface area contributed by atoms with Gasteiger partial charge in [-0.15, -0.1) is 0 Å². The third-order valence-electron chi connectivity index (χ3n) is 3.86. The minimum atomic E-state index is -2.95. The summed E-state index contributed by atoms with van der Waals surface area (Å²) >= 11 is 0. The van der Waals surface area contributed by atoms with Crippen molar-refractivity contribution in [3.63, 3.8) is 0 Å². The van der Waals surface area contributed by atoms with Crippen molar-refractivity contribution in [1.29, 1.82) is 0 Å². The highest BCUT2D eigenvalue weighted by atomic mass is 19.3. The summed E-state index contributed by atoms with van der Waals surface area (Å²) < 4.78 is 38.9. The van der Waals surface area contributed by atoms with E-state index in [1.54, 1.807) is 12.1 Å². The summed E-state index contributed by atoms with van der Waals surface area (Å²) in [7, 11) is 2.62. The Bertz CT molecular complexity index is 627. The van der Waals surface area contributed by atoms with Crippen LogP contribution in [0.25, 0.3) is 0 Å². The maximum absolute atomic E-state index is 12.4. The van der Waals surface area contributed by atoms with E-state index in [2.05, 4.69) is 14.8 Å². The normalized spacial score (nSPS) is 18.0. The molecule has 0 saturated carbocycles. The number of rotatable bonds is 7. The number of methoxy groups -OCH3 is 2. The fraction of sp³-hybridized carbons (Fsp3) is 0.500. The number of nitrogens with one attached hydrogen (secondary N) is 1. The Balaban J connectivity index is 2.15. The van der Waals surface area contributed by atoms with Crippen LogP contribution in [0.4, 0.5) is 8.78 Å². The van der Waals surface area contributed by atoms with Gasteiger partial charge in [-0.2, -0.15) is 8.78 Å². The van der Waals surface area contributed by atoms with Crippen molar-refractivity contribution < 1.29 is 32.6 Å². The van der Waals surface area contributed by atoms with Gasteiger partial charge in [0, 0.05) is 19.6 Å². The number of alkyl halides is 2. The predicted octanol–water partition coefficient (Wildman–Crippen LogP) is 1.16. The monoisotopic (exact) mass is 358 g/mol. The molecule has 0 unspecified atom stereocenters. The lowest BCUT2D eigenvalue weighted by Crippen LogP contribution is -2.55. The van der Waals surface area contributed by atoms with Gasteiger partial charge in [-0.1, -0.05) is 6.07 Å². The third-order valence-corrected chi connectivity index (χ3v) is 3.86. The topological polar surface area (TPSA) is 77.1 Å². The molecule has 1 atom stereocenters. The van der Waals surface area contributed by atoms with E-state index >= 15 is 0 Å². The molecule has 1 amide bonds. The molecule has 1 aromatic rings. The molecule has 1 saturated heterocycles. The van der Waals surface area contributed by atoms with Crippen LogP contribution < -0.4 is 14.8 Å². The highest BCUT2D eigenvalue weighted by Gasteiger charge is 2.32. The molecule has 7 nitrogen and oxygen atoms in total. The molecule has 1 aliphatic heterocycles. The fourth-order valence-corrected chi connectivity index (χ4v) is 2.65. The second-order valence-electron chi connectivity index (χ2n) is 5.42. The molecule has 1 heterocycles. The van der Waals surface area contributed by atoms with E-state index in [4.69, 9.17) is 4.74 Å². The molecule has 138 valence electrons. The Hall–Kier alpha value is -2.42. The van der Waals surface area contributed by atoms with Crippen LogP contribution in [-0.4, -0.2) is 56.7 Å². The number of carbonyl (C=O) groups excluding carboxylic acids is 2. The third kappa shape index (κ3) is 5.02. The Morgan fingerprint density at radius 1 is 1.36 bits per heavy atom. The number of halogens is 2. The van der Waals surface area contributed by atoms with Gasteiger partial charge in [0.15, 0.2) is 11.5 Å². The first-order valence-corrected chi connectivity index (χ1v) is 7.65. The lowest BCUT2D eigenvalue weighted by molar-refractivity contribution is -0.146. The van der Waals surface area contributed by atoms with E-state index in [0.717, 1.165) is 5.56 Å². The minimum absolute atomic E-state index is 0.0634. The zero-order valence-corrected chi connectivity index (χ0v) is 14.0. The van der Waals surface area contributed by atoms with Crippen molar-refractivity contribution >= 4 is 11.9 Å². The molecule has 2 rings (SSSR count). The minimum Gasteiger partial charge on any atom is -0.493 e. The maximum atomic E-state index is 12.4. The highest BCUT2D eigenvalue weighted by molar-refractivity contribution is 5.87. The Morgan fingerprint density at radius 3 is 2.76 bits per heavy atom. The van der Waals surface area contributed by atoms with Crippen LogP contribution >= 0.6 is 0 Å². The predicted molar refractivity (Wildman–Crippen MR) is 83.5 cm³/mol. The smallest absolute Gasteiger partial charge is 0.387 e. The van der Waals surface area contributed by atoms with E-state index < -0.39 is 18.6 Å². The van der Waals surface area contributed by atoms with Crippen molar-refractivity contribution in [2.45, 2.75) is 25.6 Å². The average molecular weight is 358 g/mol. The van der Waals surface area contributed by atoms with Crippen LogP contribution in [0, 0.1) is 0 Å². The molecule has 9 heteroatoms. The fourth-order valence-electron chi connectivity index (χ4n) is 2.65. The molecule has 1 N–H and O–H groups in total. The summed E-state index contributed by atoms with van der Waals surface area (Å²) in [4.78, 5) is 25.4. The van der Waals surface area contributed by atoms with E-state index in [1.807, 2.05) is 4.90 Å². The second kappa shape index (κ2) is 8.61. The summed E-state index contributed by atoms with van der Waals surface area (Å²) in [6, 6.07) is 3.92. The Labute approximate surface area is 143 Å². The van der Waals surface area contributed by atoms with Crippen molar-refractivity contribution in [2.24, 2.45) is 0 Å². The van der Waals surface area contributed by atoms with Crippen LogP contribution in [0.3, 0.4) is 0 Å². The first-order valence-electron chi connectivity index (χ1n) is 7.65.